The summed E-state index contributed by atoms with van der Waals surface area (Å²) in [6.07, 6.45) is 0. The number of aromatic nitrogens is 3. The minimum Gasteiger partial charge on any atom is -0.213 e. The summed E-state index contributed by atoms with van der Waals surface area (Å²) in [5.41, 5.74) is 1.47. The van der Waals surface area contributed by atoms with Crippen LogP contribution in [-0.2, 0) is 0 Å². The minimum atomic E-state index is -0.448. The van der Waals surface area contributed by atoms with Gasteiger partial charge in [0.15, 0.2) is 11.5 Å². The van der Waals surface area contributed by atoms with Crippen molar-refractivity contribution in [3.8, 4) is 28.7 Å². The molecule has 0 radical (unpaired) electrons. The lowest BCUT2D eigenvalue weighted by Crippen LogP contribution is -2.01. The molecule has 0 aliphatic heterocycles. The molecular formula is C16H9FN4. The molecule has 0 spiro atoms. The maximum atomic E-state index is 13.7. The lowest BCUT2D eigenvalue weighted by atomic mass is 10.1. The fraction of sp³-hybridized carbons (Fsp3) is 0. The number of rotatable bonds is 2. The van der Waals surface area contributed by atoms with E-state index in [0.717, 1.165) is 5.56 Å². The molecule has 3 rings (SSSR count). The van der Waals surface area contributed by atoms with Crippen molar-refractivity contribution in [2.45, 2.75) is 0 Å². The summed E-state index contributed by atoms with van der Waals surface area (Å²) in [6.45, 7) is 0. The van der Waals surface area contributed by atoms with Crippen LogP contribution in [0.25, 0.3) is 22.6 Å². The molecule has 3 aromatic rings. The lowest BCUT2D eigenvalue weighted by Gasteiger charge is -2.05. The van der Waals surface area contributed by atoms with Crippen LogP contribution in [-0.4, -0.2) is 15.2 Å². The maximum absolute atomic E-state index is 13.7. The quantitative estimate of drug-likeness (QED) is 0.721. The van der Waals surface area contributed by atoms with Gasteiger partial charge in [-0.05, 0) is 12.1 Å². The van der Waals surface area contributed by atoms with Gasteiger partial charge in [0.05, 0.1) is 5.56 Å². The Bertz CT molecular complexity index is 825. The van der Waals surface area contributed by atoms with Crippen LogP contribution < -0.4 is 0 Å². The molecule has 0 saturated carbocycles. The number of nitriles is 1. The number of hydrogen-bond donors (Lipinski definition) is 0. The fourth-order valence-electron chi connectivity index (χ4n) is 1.95. The van der Waals surface area contributed by atoms with Gasteiger partial charge in [-0.3, -0.25) is 0 Å². The monoisotopic (exact) mass is 276 g/mol. The molecule has 4 nitrogen and oxygen atoms in total. The number of benzene rings is 2. The molecule has 0 N–H and O–H groups in total. The van der Waals surface area contributed by atoms with Gasteiger partial charge in [0.1, 0.15) is 17.6 Å². The fourth-order valence-corrected chi connectivity index (χ4v) is 1.95. The van der Waals surface area contributed by atoms with E-state index >= 15 is 0 Å². The molecule has 0 aliphatic carbocycles. The second-order valence-corrected chi connectivity index (χ2v) is 4.29. The van der Waals surface area contributed by atoms with E-state index in [1.54, 1.807) is 18.2 Å². The van der Waals surface area contributed by atoms with Crippen molar-refractivity contribution < 1.29 is 4.39 Å². The first kappa shape index (κ1) is 12.9. The second kappa shape index (κ2) is 5.47. The summed E-state index contributed by atoms with van der Waals surface area (Å²) in [5, 5.41) is 17.2. The maximum Gasteiger partial charge on any atom is 0.186 e. The van der Waals surface area contributed by atoms with Crippen LogP contribution in [0.5, 0.6) is 0 Å². The zero-order valence-electron chi connectivity index (χ0n) is 10.9. The van der Waals surface area contributed by atoms with E-state index in [1.165, 1.54) is 6.07 Å². The van der Waals surface area contributed by atoms with Crippen molar-refractivity contribution in [3.63, 3.8) is 0 Å². The predicted molar refractivity (Wildman–Crippen MR) is 75.4 cm³/mol. The average molecular weight is 276 g/mol. The van der Waals surface area contributed by atoms with Gasteiger partial charge in [0.2, 0.25) is 0 Å². The van der Waals surface area contributed by atoms with Crippen molar-refractivity contribution in [2.75, 3.05) is 0 Å². The summed E-state index contributed by atoms with van der Waals surface area (Å²) in [6, 6.07) is 17.3. The molecule has 0 saturated heterocycles. The smallest absolute Gasteiger partial charge is 0.186 e. The lowest BCUT2D eigenvalue weighted by molar-refractivity contribution is 0.629. The van der Waals surface area contributed by atoms with Gasteiger partial charge in [0.25, 0.3) is 0 Å². The van der Waals surface area contributed by atoms with Crippen molar-refractivity contribution in [1.29, 1.82) is 5.26 Å². The highest BCUT2D eigenvalue weighted by Crippen LogP contribution is 2.22. The number of halogens is 1. The normalized spacial score (nSPS) is 10.1. The molecule has 0 bridgehead atoms. The van der Waals surface area contributed by atoms with Crippen molar-refractivity contribution in [1.82, 2.24) is 15.2 Å². The third kappa shape index (κ3) is 2.47. The Kier molecular flexibility index (Phi) is 3.36. The summed E-state index contributed by atoms with van der Waals surface area (Å²) in [7, 11) is 0. The third-order valence-electron chi connectivity index (χ3n) is 2.95. The zero-order valence-corrected chi connectivity index (χ0v) is 10.9. The molecule has 2 aromatic carbocycles. The first-order chi connectivity index (χ1) is 10.3. The van der Waals surface area contributed by atoms with Gasteiger partial charge >= 0.3 is 0 Å². The van der Waals surface area contributed by atoms with E-state index in [4.69, 9.17) is 0 Å². The van der Waals surface area contributed by atoms with E-state index in [9.17, 15) is 9.65 Å². The van der Waals surface area contributed by atoms with Crippen LogP contribution >= 0.6 is 0 Å². The molecule has 0 amide bonds. The molecule has 100 valence electrons. The van der Waals surface area contributed by atoms with Crippen molar-refractivity contribution in [3.05, 3.63) is 66.1 Å². The topological polar surface area (TPSA) is 62.5 Å². The number of nitrogens with zero attached hydrogens (tertiary/aromatic N) is 4. The molecule has 0 atom stereocenters. The van der Waals surface area contributed by atoms with Crippen LogP contribution in [0.15, 0.2) is 54.6 Å². The molecule has 21 heavy (non-hydrogen) atoms. The molecule has 5 heteroatoms. The predicted octanol–water partition coefficient (Wildman–Crippen LogP) is 3.22. The minimum absolute atomic E-state index is 0.101. The first-order valence-corrected chi connectivity index (χ1v) is 6.25. The Balaban J connectivity index is 2.13. The van der Waals surface area contributed by atoms with E-state index < -0.39 is 5.82 Å². The molecule has 1 aromatic heterocycles. The summed E-state index contributed by atoms with van der Waals surface area (Å²) < 4.78 is 13.7. The van der Waals surface area contributed by atoms with Gasteiger partial charge in [-0.2, -0.15) is 5.26 Å². The van der Waals surface area contributed by atoms with Gasteiger partial charge in [-0.25, -0.2) is 9.37 Å². The van der Waals surface area contributed by atoms with Gasteiger partial charge in [-0.15, -0.1) is 10.2 Å². The van der Waals surface area contributed by atoms with Crippen molar-refractivity contribution >= 4 is 0 Å². The summed E-state index contributed by atoms with van der Waals surface area (Å²) in [4.78, 5) is 4.12. The highest BCUT2D eigenvalue weighted by Gasteiger charge is 2.14. The highest BCUT2D eigenvalue weighted by molar-refractivity contribution is 5.66. The molecule has 1 heterocycles. The Hall–Kier alpha value is -3.13. The Morgan fingerprint density at radius 3 is 2.33 bits per heavy atom. The molecule has 0 aliphatic rings. The van der Waals surface area contributed by atoms with Crippen LogP contribution in [0.3, 0.4) is 0 Å². The molecule has 0 fully saturated rings. The number of hydrogen-bond acceptors (Lipinski definition) is 4. The average Bonchev–Trinajstić information content (AvgIpc) is 2.55. The van der Waals surface area contributed by atoms with E-state index in [0.29, 0.717) is 5.69 Å². The molecular weight excluding hydrogens is 267 g/mol. The van der Waals surface area contributed by atoms with Gasteiger partial charge in [0, 0.05) is 5.56 Å². The van der Waals surface area contributed by atoms with Gasteiger partial charge in [-0.1, -0.05) is 42.5 Å². The molecule has 0 unspecified atom stereocenters. The largest absolute Gasteiger partial charge is 0.213 e. The standard InChI is InChI=1S/C16H9FN4/c17-13-9-5-4-8-12(13)16-19-14(10-18)15(20-21-16)11-6-2-1-3-7-11/h1-9H. The Morgan fingerprint density at radius 1 is 0.905 bits per heavy atom. The van der Waals surface area contributed by atoms with Crippen LogP contribution in [0.4, 0.5) is 4.39 Å². The van der Waals surface area contributed by atoms with E-state index in [2.05, 4.69) is 15.2 Å². The SMILES string of the molecule is N#Cc1nc(-c2ccccc2F)nnc1-c1ccccc1. The summed E-state index contributed by atoms with van der Waals surface area (Å²) >= 11 is 0. The zero-order chi connectivity index (χ0) is 14.7. The second-order valence-electron chi connectivity index (χ2n) is 4.29. The highest BCUT2D eigenvalue weighted by atomic mass is 19.1. The van der Waals surface area contributed by atoms with E-state index in [-0.39, 0.29) is 17.1 Å². The van der Waals surface area contributed by atoms with Crippen LogP contribution in [0, 0.1) is 17.1 Å². The summed E-state index contributed by atoms with van der Waals surface area (Å²) in [5.74, 6) is -0.347. The Morgan fingerprint density at radius 2 is 1.62 bits per heavy atom. The van der Waals surface area contributed by atoms with Crippen LogP contribution in [0.2, 0.25) is 0 Å². The van der Waals surface area contributed by atoms with E-state index in [1.807, 2.05) is 36.4 Å². The van der Waals surface area contributed by atoms with Crippen molar-refractivity contribution in [2.24, 2.45) is 0 Å². The Labute approximate surface area is 120 Å². The van der Waals surface area contributed by atoms with Gasteiger partial charge < -0.3 is 0 Å². The first-order valence-electron chi connectivity index (χ1n) is 6.25. The third-order valence-corrected chi connectivity index (χ3v) is 2.95. The van der Waals surface area contributed by atoms with Crippen LogP contribution in [0.1, 0.15) is 5.69 Å².